The van der Waals surface area contributed by atoms with Gasteiger partial charge in [-0.25, -0.2) is 13.8 Å². The lowest BCUT2D eigenvalue weighted by Crippen LogP contribution is -2.47. The van der Waals surface area contributed by atoms with Gasteiger partial charge in [0, 0.05) is 69.3 Å². The number of carbonyl (C=O) groups is 1. The number of hydrogen-bond donors (Lipinski definition) is 0. The van der Waals surface area contributed by atoms with Crippen LogP contribution in [0, 0.1) is 5.92 Å². The van der Waals surface area contributed by atoms with E-state index in [0.717, 1.165) is 42.0 Å². The summed E-state index contributed by atoms with van der Waals surface area (Å²) < 4.78 is 30.4. The van der Waals surface area contributed by atoms with E-state index in [1.54, 1.807) is 12.3 Å². The van der Waals surface area contributed by atoms with Crippen LogP contribution in [0.25, 0.3) is 22.2 Å². The van der Waals surface area contributed by atoms with E-state index in [-0.39, 0.29) is 25.9 Å². The Hall–Kier alpha value is -2.78. The van der Waals surface area contributed by atoms with Gasteiger partial charge in [-0.15, -0.1) is 0 Å². The number of likely N-dealkylation sites (tertiary alicyclic amines) is 1. The zero-order valence-corrected chi connectivity index (χ0v) is 21.1. The standard InChI is InChI=1S/C27H34F2N6O/c1-19(2)17-33-8-5-27(29,6-9-33)26(36)14-21-13-24-20(15-30-21)3-4-23(32-24)22-16-31-35-12-11-34(10-7-28)18-25(22)35/h3-4,13,15-16,19H,5-12,14,17-18H2,1-2H3. The summed E-state index contributed by atoms with van der Waals surface area (Å²) in [6.45, 7) is 8.60. The van der Waals surface area contributed by atoms with Crippen LogP contribution in [0.1, 0.15) is 38.1 Å². The quantitative estimate of drug-likeness (QED) is 0.472. The second-order valence-electron chi connectivity index (χ2n) is 10.5. The first-order valence-corrected chi connectivity index (χ1v) is 12.9. The van der Waals surface area contributed by atoms with E-state index in [9.17, 15) is 9.18 Å². The van der Waals surface area contributed by atoms with Gasteiger partial charge < -0.3 is 4.90 Å². The monoisotopic (exact) mass is 496 g/mol. The molecule has 36 heavy (non-hydrogen) atoms. The van der Waals surface area contributed by atoms with Crippen LogP contribution in [-0.4, -0.2) is 80.4 Å². The van der Waals surface area contributed by atoms with E-state index in [1.807, 2.05) is 23.0 Å². The minimum atomic E-state index is -1.79. The molecule has 2 aliphatic rings. The van der Waals surface area contributed by atoms with Crippen LogP contribution in [0.2, 0.25) is 0 Å². The summed E-state index contributed by atoms with van der Waals surface area (Å²) in [5.74, 6) is 0.127. The van der Waals surface area contributed by atoms with Gasteiger partial charge in [0.2, 0.25) is 0 Å². The first-order chi connectivity index (χ1) is 17.3. The number of Topliss-reactive ketones (excluding diaryl/α,β-unsaturated/α-hetero) is 1. The highest BCUT2D eigenvalue weighted by Crippen LogP contribution is 2.30. The third kappa shape index (κ3) is 5.18. The molecule has 0 N–H and O–H groups in total. The number of halogens is 2. The maximum absolute atomic E-state index is 15.5. The lowest BCUT2D eigenvalue weighted by Gasteiger charge is -2.36. The van der Waals surface area contributed by atoms with Gasteiger partial charge in [0.15, 0.2) is 11.5 Å². The van der Waals surface area contributed by atoms with Gasteiger partial charge >= 0.3 is 0 Å². The second-order valence-corrected chi connectivity index (χ2v) is 10.5. The lowest BCUT2D eigenvalue weighted by atomic mass is 9.86. The van der Waals surface area contributed by atoms with Crippen molar-refractivity contribution in [3.05, 3.63) is 42.0 Å². The predicted molar refractivity (Wildman–Crippen MR) is 135 cm³/mol. The van der Waals surface area contributed by atoms with Crippen LogP contribution in [0.3, 0.4) is 0 Å². The number of carbonyl (C=O) groups excluding carboxylic acids is 1. The zero-order valence-electron chi connectivity index (χ0n) is 21.1. The number of pyridine rings is 2. The average Bonchev–Trinajstić information content (AvgIpc) is 3.28. The molecule has 7 nitrogen and oxygen atoms in total. The van der Waals surface area contributed by atoms with Gasteiger partial charge in [-0.2, -0.15) is 5.10 Å². The van der Waals surface area contributed by atoms with Gasteiger partial charge in [0.1, 0.15) is 6.67 Å². The molecule has 3 aromatic rings. The predicted octanol–water partition coefficient (Wildman–Crippen LogP) is 3.85. The normalized spacial score (nSPS) is 18.6. The minimum Gasteiger partial charge on any atom is -0.303 e. The fourth-order valence-corrected chi connectivity index (χ4v) is 5.33. The van der Waals surface area contributed by atoms with Crippen molar-refractivity contribution in [1.29, 1.82) is 0 Å². The van der Waals surface area contributed by atoms with Crippen molar-refractivity contribution >= 4 is 16.7 Å². The summed E-state index contributed by atoms with van der Waals surface area (Å²) in [6.07, 6.45) is 3.94. The van der Waals surface area contributed by atoms with Gasteiger partial charge in [0.25, 0.3) is 0 Å². The van der Waals surface area contributed by atoms with E-state index in [2.05, 4.69) is 33.7 Å². The van der Waals surface area contributed by atoms with Crippen molar-refractivity contribution in [2.24, 2.45) is 5.92 Å². The highest BCUT2D eigenvalue weighted by molar-refractivity contribution is 5.90. The Morgan fingerprint density at radius 2 is 1.92 bits per heavy atom. The second kappa shape index (κ2) is 10.3. The molecule has 3 aromatic heterocycles. The van der Waals surface area contributed by atoms with Crippen molar-refractivity contribution in [1.82, 2.24) is 29.5 Å². The van der Waals surface area contributed by atoms with E-state index >= 15 is 4.39 Å². The number of piperidine rings is 1. The number of aromatic nitrogens is 4. The fourth-order valence-electron chi connectivity index (χ4n) is 5.33. The molecule has 0 aromatic carbocycles. The number of rotatable bonds is 8. The van der Waals surface area contributed by atoms with Crippen molar-refractivity contribution in [3.8, 4) is 11.3 Å². The Balaban J connectivity index is 1.33. The molecule has 5 heterocycles. The van der Waals surface area contributed by atoms with Crippen molar-refractivity contribution in [2.45, 2.75) is 51.9 Å². The first-order valence-electron chi connectivity index (χ1n) is 12.9. The van der Waals surface area contributed by atoms with Crippen LogP contribution in [0.15, 0.2) is 30.6 Å². The van der Waals surface area contributed by atoms with E-state index in [1.165, 1.54) is 0 Å². The minimum absolute atomic E-state index is 0.0378. The van der Waals surface area contributed by atoms with E-state index in [4.69, 9.17) is 4.98 Å². The third-order valence-corrected chi connectivity index (χ3v) is 7.37. The van der Waals surface area contributed by atoms with E-state index < -0.39 is 11.5 Å². The van der Waals surface area contributed by atoms with Gasteiger partial charge in [-0.05, 0) is 24.1 Å². The maximum atomic E-state index is 15.5. The first kappa shape index (κ1) is 24.9. The summed E-state index contributed by atoms with van der Waals surface area (Å²) in [5, 5.41) is 5.35. The lowest BCUT2D eigenvalue weighted by molar-refractivity contribution is -0.133. The number of alkyl halides is 2. The fraction of sp³-hybridized carbons (Fsp3) is 0.556. The number of ketones is 1. The van der Waals surface area contributed by atoms with Gasteiger partial charge in [-0.3, -0.25) is 19.4 Å². The van der Waals surface area contributed by atoms with Gasteiger partial charge in [-0.1, -0.05) is 13.8 Å². The largest absolute Gasteiger partial charge is 0.303 e. The summed E-state index contributed by atoms with van der Waals surface area (Å²) in [5.41, 5.74) is 2.17. The van der Waals surface area contributed by atoms with Crippen molar-refractivity contribution < 1.29 is 13.6 Å². The molecule has 2 aliphatic heterocycles. The molecule has 0 amide bonds. The van der Waals surface area contributed by atoms with Gasteiger partial charge in [0.05, 0.1) is 41.8 Å². The number of hydrogen-bond acceptors (Lipinski definition) is 6. The smallest absolute Gasteiger partial charge is 0.175 e. The molecule has 0 radical (unpaired) electrons. The molecule has 1 saturated heterocycles. The summed E-state index contributed by atoms with van der Waals surface area (Å²) >= 11 is 0. The number of fused-ring (bicyclic) bond motifs is 2. The van der Waals surface area contributed by atoms with Crippen molar-refractivity contribution in [3.63, 3.8) is 0 Å². The van der Waals surface area contributed by atoms with E-state index in [0.29, 0.717) is 43.3 Å². The highest BCUT2D eigenvalue weighted by atomic mass is 19.1. The van der Waals surface area contributed by atoms with Crippen LogP contribution in [0.5, 0.6) is 0 Å². The molecule has 0 aliphatic carbocycles. The molecule has 0 atom stereocenters. The molecule has 1 fully saturated rings. The third-order valence-electron chi connectivity index (χ3n) is 7.37. The molecular weight excluding hydrogens is 462 g/mol. The van der Waals surface area contributed by atoms with Crippen LogP contribution < -0.4 is 0 Å². The topological polar surface area (TPSA) is 67.2 Å². The molecule has 0 saturated carbocycles. The molecule has 0 unspecified atom stereocenters. The van der Waals surface area contributed by atoms with Crippen LogP contribution >= 0.6 is 0 Å². The Bertz CT molecular complexity index is 1230. The Morgan fingerprint density at radius 3 is 2.67 bits per heavy atom. The molecule has 5 rings (SSSR count). The number of nitrogens with zero attached hydrogens (tertiary/aromatic N) is 6. The summed E-state index contributed by atoms with van der Waals surface area (Å²) in [4.78, 5) is 26.5. The molecular formula is C27H34F2N6O. The molecule has 0 bridgehead atoms. The van der Waals surface area contributed by atoms with Crippen LogP contribution in [-0.2, 0) is 24.3 Å². The highest BCUT2D eigenvalue weighted by Gasteiger charge is 2.41. The Labute approximate surface area is 210 Å². The molecule has 9 heteroatoms. The summed E-state index contributed by atoms with van der Waals surface area (Å²) in [7, 11) is 0. The molecule has 0 spiro atoms. The zero-order chi connectivity index (χ0) is 25.3. The molecule has 192 valence electrons. The van der Waals surface area contributed by atoms with Crippen LogP contribution in [0.4, 0.5) is 8.78 Å². The maximum Gasteiger partial charge on any atom is 0.175 e. The van der Waals surface area contributed by atoms with Crippen molar-refractivity contribution in [2.75, 3.05) is 39.4 Å². The average molecular weight is 497 g/mol. The summed E-state index contributed by atoms with van der Waals surface area (Å²) in [6, 6.07) is 5.67. The Morgan fingerprint density at radius 1 is 1.11 bits per heavy atom. The SMILES string of the molecule is CC(C)CN1CCC(F)(C(=O)Cc2cc3nc(-c4cnn5c4CN(CCF)CC5)ccc3cn2)CC1. The Kier molecular flexibility index (Phi) is 7.12.